The first-order chi connectivity index (χ1) is 19.4. The number of halogens is 1. The lowest BCUT2D eigenvalue weighted by Gasteiger charge is -2.35. The van der Waals surface area contributed by atoms with Gasteiger partial charge in [-0.05, 0) is 80.5 Å². The summed E-state index contributed by atoms with van der Waals surface area (Å²) in [5, 5.41) is 3.96. The number of rotatable bonds is 12. The second-order valence-corrected chi connectivity index (χ2v) is 11.2. The first kappa shape index (κ1) is 29.8. The van der Waals surface area contributed by atoms with Gasteiger partial charge in [0.2, 0.25) is 0 Å². The van der Waals surface area contributed by atoms with Crippen LogP contribution in [0.15, 0.2) is 78.9 Å². The highest BCUT2D eigenvalue weighted by Crippen LogP contribution is 2.37. The molecule has 0 aromatic heterocycles. The maximum absolute atomic E-state index is 13.3. The van der Waals surface area contributed by atoms with Crippen LogP contribution in [-0.2, 0) is 14.9 Å². The van der Waals surface area contributed by atoms with Gasteiger partial charge >= 0.3 is 5.97 Å². The molecule has 0 aliphatic carbocycles. The molecule has 1 amide bonds. The average Bonchev–Trinajstić information content (AvgIpc) is 2.98. The van der Waals surface area contributed by atoms with Crippen LogP contribution in [-0.4, -0.2) is 49.1 Å². The van der Waals surface area contributed by atoms with Gasteiger partial charge in [0, 0.05) is 35.1 Å². The largest absolute Gasteiger partial charge is 0.466 e. The SMILES string of the molecule is CCOC(=O)CC(CC)(CCCN1CCC(NC(=O)c2ccccc2-c2ccc(Cl)cc2)CC1)c1ccccc1. The van der Waals surface area contributed by atoms with Crippen LogP contribution in [0.4, 0.5) is 0 Å². The average molecular weight is 561 g/mol. The van der Waals surface area contributed by atoms with Gasteiger partial charge in [-0.25, -0.2) is 0 Å². The predicted octanol–water partition coefficient (Wildman–Crippen LogP) is 7.28. The molecule has 6 heteroatoms. The molecule has 0 saturated carbocycles. The molecular formula is C34H41ClN2O3. The van der Waals surface area contributed by atoms with Gasteiger partial charge in [-0.15, -0.1) is 0 Å². The normalized spacial score (nSPS) is 15.8. The third kappa shape index (κ3) is 7.74. The van der Waals surface area contributed by atoms with Crippen molar-refractivity contribution in [3.05, 3.63) is 95.0 Å². The fourth-order valence-corrected chi connectivity index (χ4v) is 6.01. The Morgan fingerprint density at radius 2 is 1.62 bits per heavy atom. The van der Waals surface area contributed by atoms with Crippen molar-refractivity contribution in [2.24, 2.45) is 0 Å². The van der Waals surface area contributed by atoms with Crippen molar-refractivity contribution in [2.45, 2.75) is 63.8 Å². The molecular weight excluding hydrogens is 520 g/mol. The van der Waals surface area contributed by atoms with Crippen molar-refractivity contribution >= 4 is 23.5 Å². The molecule has 1 fully saturated rings. The van der Waals surface area contributed by atoms with E-state index < -0.39 is 0 Å². The van der Waals surface area contributed by atoms with Crippen molar-refractivity contribution in [3.63, 3.8) is 0 Å². The Morgan fingerprint density at radius 3 is 2.30 bits per heavy atom. The highest BCUT2D eigenvalue weighted by atomic mass is 35.5. The molecule has 3 aromatic carbocycles. The van der Waals surface area contributed by atoms with E-state index in [1.165, 1.54) is 5.56 Å². The second kappa shape index (κ2) is 14.5. The zero-order valence-electron chi connectivity index (χ0n) is 23.7. The number of benzene rings is 3. The molecule has 0 bridgehead atoms. The number of likely N-dealkylation sites (tertiary alicyclic amines) is 1. The van der Waals surface area contributed by atoms with Gasteiger partial charge in [-0.3, -0.25) is 9.59 Å². The number of hydrogen-bond donors (Lipinski definition) is 1. The highest BCUT2D eigenvalue weighted by Gasteiger charge is 2.33. The summed E-state index contributed by atoms with van der Waals surface area (Å²) < 4.78 is 5.34. The molecule has 1 heterocycles. The number of ether oxygens (including phenoxy) is 1. The van der Waals surface area contributed by atoms with Gasteiger partial charge in [0.15, 0.2) is 0 Å². The number of piperidine rings is 1. The van der Waals surface area contributed by atoms with E-state index in [1.54, 1.807) is 0 Å². The molecule has 5 nitrogen and oxygen atoms in total. The number of esters is 1. The number of carbonyl (C=O) groups is 2. The Hall–Kier alpha value is -3.15. The maximum atomic E-state index is 13.3. The number of carbonyl (C=O) groups excluding carboxylic acids is 2. The Kier molecular flexibility index (Phi) is 10.8. The van der Waals surface area contributed by atoms with Crippen LogP contribution in [0, 0.1) is 0 Å². The summed E-state index contributed by atoms with van der Waals surface area (Å²) in [7, 11) is 0. The van der Waals surface area contributed by atoms with E-state index in [0.29, 0.717) is 23.6 Å². The van der Waals surface area contributed by atoms with Crippen molar-refractivity contribution in [1.29, 1.82) is 0 Å². The fourth-order valence-electron chi connectivity index (χ4n) is 5.89. The second-order valence-electron chi connectivity index (χ2n) is 10.7. The van der Waals surface area contributed by atoms with Crippen LogP contribution in [0.3, 0.4) is 0 Å². The number of nitrogens with one attached hydrogen (secondary N) is 1. The molecule has 1 N–H and O–H groups in total. The lowest BCUT2D eigenvalue weighted by Crippen LogP contribution is -2.45. The first-order valence-corrected chi connectivity index (χ1v) is 14.9. The van der Waals surface area contributed by atoms with Crippen molar-refractivity contribution < 1.29 is 14.3 Å². The smallest absolute Gasteiger partial charge is 0.306 e. The molecule has 1 atom stereocenters. The predicted molar refractivity (Wildman–Crippen MR) is 163 cm³/mol. The lowest BCUT2D eigenvalue weighted by atomic mass is 9.72. The molecule has 0 radical (unpaired) electrons. The summed E-state index contributed by atoms with van der Waals surface area (Å²) in [6.07, 6.45) is 5.09. The van der Waals surface area contributed by atoms with Gasteiger partial charge in [0.05, 0.1) is 13.0 Å². The topological polar surface area (TPSA) is 58.6 Å². The molecule has 4 rings (SSSR count). The summed E-state index contributed by atoms with van der Waals surface area (Å²) in [5.41, 5.74) is 3.58. The molecule has 212 valence electrons. The van der Waals surface area contributed by atoms with Gasteiger partial charge in [-0.1, -0.05) is 79.2 Å². The van der Waals surface area contributed by atoms with E-state index in [-0.39, 0.29) is 23.3 Å². The maximum Gasteiger partial charge on any atom is 0.306 e. The molecule has 1 saturated heterocycles. The van der Waals surface area contributed by atoms with Crippen LogP contribution in [0.2, 0.25) is 5.02 Å². The first-order valence-electron chi connectivity index (χ1n) is 14.5. The van der Waals surface area contributed by atoms with Crippen LogP contribution in [0.25, 0.3) is 11.1 Å². The quantitative estimate of drug-likeness (QED) is 0.236. The van der Waals surface area contributed by atoms with Crippen molar-refractivity contribution in [3.8, 4) is 11.1 Å². The third-order valence-electron chi connectivity index (χ3n) is 8.23. The third-order valence-corrected chi connectivity index (χ3v) is 8.48. The van der Waals surface area contributed by atoms with Gasteiger partial charge in [-0.2, -0.15) is 0 Å². The Labute approximate surface area is 243 Å². The van der Waals surface area contributed by atoms with Crippen molar-refractivity contribution in [2.75, 3.05) is 26.2 Å². The Bertz CT molecular complexity index is 1240. The van der Waals surface area contributed by atoms with Crippen LogP contribution >= 0.6 is 11.6 Å². The monoisotopic (exact) mass is 560 g/mol. The van der Waals surface area contributed by atoms with Crippen molar-refractivity contribution in [1.82, 2.24) is 10.2 Å². The van der Waals surface area contributed by atoms with E-state index in [0.717, 1.165) is 62.9 Å². The summed E-state index contributed by atoms with van der Waals surface area (Å²) in [4.78, 5) is 28.3. The number of hydrogen-bond acceptors (Lipinski definition) is 4. The van der Waals surface area contributed by atoms with E-state index in [9.17, 15) is 9.59 Å². The van der Waals surface area contributed by atoms with E-state index >= 15 is 0 Å². The summed E-state index contributed by atoms with van der Waals surface area (Å²) in [6, 6.07) is 25.9. The summed E-state index contributed by atoms with van der Waals surface area (Å²) >= 11 is 6.06. The Morgan fingerprint density at radius 1 is 0.950 bits per heavy atom. The standard InChI is InChI=1S/C34H41ClN2O3/c1-3-34(25-32(38)40-4-2,27-11-6-5-7-12-27)21-10-22-37-23-19-29(20-24-37)36-33(39)31-14-9-8-13-30(31)26-15-17-28(35)18-16-26/h5-9,11-18,29H,3-4,10,19-25H2,1-2H3,(H,36,39). The minimum atomic E-state index is -0.211. The van der Waals surface area contributed by atoms with Gasteiger partial charge in [0.25, 0.3) is 5.91 Å². The Balaban J connectivity index is 1.30. The minimum Gasteiger partial charge on any atom is -0.466 e. The molecule has 1 aliphatic heterocycles. The molecule has 1 unspecified atom stereocenters. The van der Waals surface area contributed by atoms with Crippen LogP contribution in [0.1, 0.15) is 68.3 Å². The van der Waals surface area contributed by atoms with Gasteiger partial charge < -0.3 is 15.0 Å². The van der Waals surface area contributed by atoms with E-state index in [4.69, 9.17) is 16.3 Å². The zero-order chi connectivity index (χ0) is 28.4. The number of amides is 1. The lowest BCUT2D eigenvalue weighted by molar-refractivity contribution is -0.144. The minimum absolute atomic E-state index is 0.0291. The van der Waals surface area contributed by atoms with E-state index in [2.05, 4.69) is 41.4 Å². The van der Waals surface area contributed by atoms with Crippen LogP contribution in [0.5, 0.6) is 0 Å². The molecule has 0 spiro atoms. The molecule has 1 aliphatic rings. The summed E-state index contributed by atoms with van der Waals surface area (Å²) in [6.45, 7) is 7.32. The molecule has 3 aromatic rings. The highest BCUT2D eigenvalue weighted by molar-refractivity contribution is 6.30. The summed E-state index contributed by atoms with van der Waals surface area (Å²) in [5.74, 6) is -0.152. The van der Waals surface area contributed by atoms with Gasteiger partial charge in [0.1, 0.15) is 0 Å². The molecule has 40 heavy (non-hydrogen) atoms. The number of nitrogens with zero attached hydrogens (tertiary/aromatic N) is 1. The fraction of sp³-hybridized carbons (Fsp3) is 0.412. The zero-order valence-corrected chi connectivity index (χ0v) is 24.5. The van der Waals surface area contributed by atoms with Crippen LogP contribution < -0.4 is 5.32 Å². The van der Waals surface area contributed by atoms with E-state index in [1.807, 2.05) is 61.5 Å².